The number of likely N-dealkylation sites (tertiary alicyclic amines) is 1. The fraction of sp³-hybridized carbons (Fsp3) is 0.452. The summed E-state index contributed by atoms with van der Waals surface area (Å²) in [5.74, 6) is 0.768. The zero-order valence-electron chi connectivity index (χ0n) is 22.3. The van der Waals surface area contributed by atoms with Crippen LogP contribution in [0.1, 0.15) is 49.4 Å². The van der Waals surface area contributed by atoms with E-state index < -0.39 is 0 Å². The highest BCUT2D eigenvalue weighted by Crippen LogP contribution is 2.40. The summed E-state index contributed by atoms with van der Waals surface area (Å²) in [6, 6.07) is 13.6. The standard InChI is InChI=1S/C31H35N5O2/c1-31(13-14-36(19-31)22-11-15-38-16-12-22)27-10-9-21(18-32-27)28-30-25(34-35-28)17-26(37-2)29(33-30)24-8-4-6-20-5-3-7-23(20)24/h4,6,8-10,17-18,22H,3,5,7,11-16,19H2,1-2H3,(H,34,35). The Morgan fingerprint density at radius 1 is 1.11 bits per heavy atom. The molecule has 4 aromatic rings. The number of hydrogen-bond acceptors (Lipinski definition) is 6. The zero-order chi connectivity index (χ0) is 25.7. The first-order chi connectivity index (χ1) is 18.6. The van der Waals surface area contributed by atoms with Gasteiger partial charge in [-0.2, -0.15) is 5.10 Å². The molecule has 3 aliphatic rings. The fourth-order valence-corrected chi connectivity index (χ4v) is 6.78. The Morgan fingerprint density at radius 3 is 2.82 bits per heavy atom. The predicted molar refractivity (Wildman–Crippen MR) is 149 cm³/mol. The Hall–Kier alpha value is -3.29. The average molecular weight is 510 g/mol. The lowest BCUT2D eigenvalue weighted by Crippen LogP contribution is -2.39. The van der Waals surface area contributed by atoms with Gasteiger partial charge in [-0.15, -0.1) is 0 Å². The number of hydrogen-bond donors (Lipinski definition) is 1. The molecule has 7 rings (SSSR count). The van der Waals surface area contributed by atoms with Gasteiger partial charge in [0.15, 0.2) is 0 Å². The van der Waals surface area contributed by atoms with E-state index in [1.165, 1.54) is 23.1 Å². The van der Waals surface area contributed by atoms with Gasteiger partial charge in [-0.05, 0) is 68.3 Å². The molecule has 1 N–H and O–H groups in total. The van der Waals surface area contributed by atoms with Crippen molar-refractivity contribution in [2.75, 3.05) is 33.4 Å². The smallest absolute Gasteiger partial charge is 0.147 e. The number of rotatable bonds is 5. The van der Waals surface area contributed by atoms with Gasteiger partial charge < -0.3 is 9.47 Å². The molecule has 1 aliphatic carbocycles. The van der Waals surface area contributed by atoms with Crippen LogP contribution in [0.3, 0.4) is 0 Å². The molecule has 0 radical (unpaired) electrons. The lowest BCUT2D eigenvalue weighted by Gasteiger charge is -2.32. The minimum atomic E-state index is 0.0664. The molecule has 0 spiro atoms. The van der Waals surface area contributed by atoms with Gasteiger partial charge in [0.05, 0.1) is 12.6 Å². The molecule has 2 fully saturated rings. The number of benzene rings is 1. The summed E-state index contributed by atoms with van der Waals surface area (Å²) < 4.78 is 11.4. The van der Waals surface area contributed by atoms with Crippen LogP contribution in [0.25, 0.3) is 33.5 Å². The number of methoxy groups -OCH3 is 1. The summed E-state index contributed by atoms with van der Waals surface area (Å²) in [7, 11) is 1.71. The molecular weight excluding hydrogens is 474 g/mol. The van der Waals surface area contributed by atoms with Gasteiger partial charge in [0.25, 0.3) is 0 Å². The monoisotopic (exact) mass is 509 g/mol. The van der Waals surface area contributed by atoms with Crippen LogP contribution < -0.4 is 4.74 Å². The van der Waals surface area contributed by atoms with Gasteiger partial charge in [0.1, 0.15) is 22.7 Å². The SMILES string of the molecule is COc1cc2[nH]nc(-c3ccc(C4(C)CCN(C5CCOCC5)C4)nc3)c2nc1-c1cccc2c1CCC2. The number of aromatic amines is 1. The number of pyridine rings is 2. The molecule has 1 unspecified atom stereocenters. The number of nitrogens with one attached hydrogen (secondary N) is 1. The number of ether oxygens (including phenoxy) is 2. The lowest BCUT2D eigenvalue weighted by molar-refractivity contribution is 0.0406. The zero-order valence-corrected chi connectivity index (χ0v) is 22.3. The van der Waals surface area contributed by atoms with Crippen LogP contribution in [0.4, 0.5) is 0 Å². The highest BCUT2D eigenvalue weighted by molar-refractivity contribution is 5.93. The third kappa shape index (κ3) is 4.00. The molecule has 0 saturated carbocycles. The summed E-state index contributed by atoms with van der Waals surface area (Å²) in [5, 5.41) is 7.84. The van der Waals surface area contributed by atoms with E-state index in [0.717, 1.165) is 97.8 Å². The molecule has 7 heteroatoms. The quantitative estimate of drug-likeness (QED) is 0.392. The lowest BCUT2D eigenvalue weighted by atomic mass is 9.85. The van der Waals surface area contributed by atoms with Gasteiger partial charge in [-0.25, -0.2) is 4.98 Å². The van der Waals surface area contributed by atoms with Gasteiger partial charge in [-0.3, -0.25) is 15.0 Å². The third-order valence-electron chi connectivity index (χ3n) is 8.99. The fourth-order valence-electron chi connectivity index (χ4n) is 6.78. The Bertz CT molecular complexity index is 1470. The first-order valence-corrected chi connectivity index (χ1v) is 14.0. The summed E-state index contributed by atoms with van der Waals surface area (Å²) >= 11 is 0. The highest BCUT2D eigenvalue weighted by Gasteiger charge is 2.39. The Kier molecular flexibility index (Phi) is 5.93. The molecule has 0 amide bonds. The first-order valence-electron chi connectivity index (χ1n) is 14.0. The van der Waals surface area contributed by atoms with E-state index in [-0.39, 0.29) is 5.41 Å². The number of nitrogens with zero attached hydrogens (tertiary/aromatic N) is 4. The van der Waals surface area contributed by atoms with Gasteiger partial charge in [0.2, 0.25) is 0 Å². The van der Waals surface area contributed by atoms with Crippen LogP contribution in [0.15, 0.2) is 42.6 Å². The minimum absolute atomic E-state index is 0.0664. The van der Waals surface area contributed by atoms with Crippen molar-refractivity contribution in [3.05, 3.63) is 59.4 Å². The van der Waals surface area contributed by atoms with Crippen molar-refractivity contribution in [2.45, 2.75) is 56.9 Å². The molecule has 3 aromatic heterocycles. The maximum atomic E-state index is 5.79. The Labute approximate surface area is 223 Å². The highest BCUT2D eigenvalue weighted by atomic mass is 16.5. The van der Waals surface area contributed by atoms with Crippen molar-refractivity contribution in [3.63, 3.8) is 0 Å². The van der Waals surface area contributed by atoms with E-state index in [9.17, 15) is 0 Å². The average Bonchev–Trinajstić information content (AvgIpc) is 3.71. The van der Waals surface area contributed by atoms with Crippen molar-refractivity contribution < 1.29 is 9.47 Å². The van der Waals surface area contributed by atoms with Crippen molar-refractivity contribution in [1.29, 1.82) is 0 Å². The molecule has 2 aliphatic heterocycles. The van der Waals surface area contributed by atoms with Crippen LogP contribution >= 0.6 is 0 Å². The largest absolute Gasteiger partial charge is 0.494 e. The maximum absolute atomic E-state index is 5.79. The van der Waals surface area contributed by atoms with Crippen LogP contribution in [0.5, 0.6) is 5.75 Å². The summed E-state index contributed by atoms with van der Waals surface area (Å²) in [6.07, 6.45) is 8.79. The molecule has 2 saturated heterocycles. The van der Waals surface area contributed by atoms with Crippen molar-refractivity contribution in [1.82, 2.24) is 25.1 Å². The van der Waals surface area contributed by atoms with Gasteiger partial charge in [0, 0.05) is 60.3 Å². The van der Waals surface area contributed by atoms with E-state index in [1.807, 2.05) is 12.3 Å². The van der Waals surface area contributed by atoms with Crippen LogP contribution in [-0.2, 0) is 23.0 Å². The molecule has 1 atom stereocenters. The van der Waals surface area contributed by atoms with Crippen LogP contribution in [0, 0.1) is 0 Å². The minimum Gasteiger partial charge on any atom is -0.494 e. The van der Waals surface area contributed by atoms with E-state index in [4.69, 9.17) is 19.4 Å². The maximum Gasteiger partial charge on any atom is 0.147 e. The van der Waals surface area contributed by atoms with E-state index in [1.54, 1.807) is 7.11 Å². The number of H-pyrrole nitrogens is 1. The van der Waals surface area contributed by atoms with E-state index in [0.29, 0.717) is 6.04 Å². The molecule has 38 heavy (non-hydrogen) atoms. The van der Waals surface area contributed by atoms with Gasteiger partial charge >= 0.3 is 0 Å². The second-order valence-corrected chi connectivity index (χ2v) is 11.4. The number of fused-ring (bicyclic) bond motifs is 2. The normalized spacial score (nSPS) is 22.3. The van der Waals surface area contributed by atoms with Crippen LogP contribution in [-0.4, -0.2) is 64.5 Å². The summed E-state index contributed by atoms with van der Waals surface area (Å²) in [5.41, 5.74) is 9.63. The van der Waals surface area contributed by atoms with Gasteiger partial charge in [-0.1, -0.05) is 25.1 Å². The molecule has 196 valence electrons. The number of aryl methyl sites for hydroxylation is 1. The Balaban J connectivity index is 1.20. The van der Waals surface area contributed by atoms with Crippen molar-refractivity contribution in [3.8, 4) is 28.3 Å². The summed E-state index contributed by atoms with van der Waals surface area (Å²) in [4.78, 5) is 12.8. The second-order valence-electron chi connectivity index (χ2n) is 11.4. The molecule has 0 bridgehead atoms. The first kappa shape index (κ1) is 23.8. The molecule has 7 nitrogen and oxygen atoms in total. The molecule has 5 heterocycles. The number of aromatic nitrogens is 4. The van der Waals surface area contributed by atoms with Crippen molar-refractivity contribution >= 4 is 11.0 Å². The predicted octanol–water partition coefficient (Wildman–Crippen LogP) is 5.33. The van der Waals surface area contributed by atoms with E-state index in [2.05, 4.69) is 52.4 Å². The van der Waals surface area contributed by atoms with E-state index >= 15 is 0 Å². The molecule has 1 aromatic carbocycles. The van der Waals surface area contributed by atoms with Crippen LogP contribution in [0.2, 0.25) is 0 Å². The third-order valence-corrected chi connectivity index (χ3v) is 8.99. The molecular formula is C31H35N5O2. The van der Waals surface area contributed by atoms with Crippen molar-refractivity contribution in [2.24, 2.45) is 0 Å². The Morgan fingerprint density at radius 2 is 2.00 bits per heavy atom. The topological polar surface area (TPSA) is 76.2 Å². The summed E-state index contributed by atoms with van der Waals surface area (Å²) in [6.45, 7) is 6.32. The second kappa shape index (κ2) is 9.47.